The van der Waals surface area contributed by atoms with Crippen LogP contribution in [-0.4, -0.2) is 21.5 Å². The van der Waals surface area contributed by atoms with E-state index in [0.29, 0.717) is 0 Å². The lowest BCUT2D eigenvalue weighted by molar-refractivity contribution is -0.138. The Kier molecular flexibility index (Phi) is 3.56. The SMILES string of the molecule is CCC(C)(O)C(=O)c1cnccc1C(F)(F)F. The smallest absolute Gasteiger partial charge is 0.382 e. The van der Waals surface area contributed by atoms with E-state index in [2.05, 4.69) is 4.98 Å². The van der Waals surface area contributed by atoms with Gasteiger partial charge in [-0.2, -0.15) is 13.2 Å². The highest BCUT2D eigenvalue weighted by Gasteiger charge is 2.39. The third-order valence-corrected chi connectivity index (χ3v) is 2.55. The van der Waals surface area contributed by atoms with Gasteiger partial charge < -0.3 is 5.11 Å². The lowest BCUT2D eigenvalue weighted by Crippen LogP contribution is -2.35. The van der Waals surface area contributed by atoms with Gasteiger partial charge in [0, 0.05) is 12.4 Å². The van der Waals surface area contributed by atoms with E-state index >= 15 is 0 Å². The van der Waals surface area contributed by atoms with Crippen molar-refractivity contribution in [3.8, 4) is 0 Å². The molecule has 0 saturated carbocycles. The molecule has 0 amide bonds. The third-order valence-electron chi connectivity index (χ3n) is 2.55. The fraction of sp³-hybridized carbons (Fsp3) is 0.455. The summed E-state index contributed by atoms with van der Waals surface area (Å²) in [6.45, 7) is 2.70. The van der Waals surface area contributed by atoms with Crippen LogP contribution < -0.4 is 0 Å². The van der Waals surface area contributed by atoms with Gasteiger partial charge in [-0.15, -0.1) is 0 Å². The minimum Gasteiger partial charge on any atom is -0.382 e. The maximum absolute atomic E-state index is 12.6. The monoisotopic (exact) mass is 247 g/mol. The molecular formula is C11H12F3NO2. The van der Waals surface area contributed by atoms with Crippen molar-refractivity contribution in [3.63, 3.8) is 0 Å². The van der Waals surface area contributed by atoms with E-state index in [9.17, 15) is 23.1 Å². The first-order valence-corrected chi connectivity index (χ1v) is 4.98. The van der Waals surface area contributed by atoms with E-state index in [4.69, 9.17) is 0 Å². The largest absolute Gasteiger partial charge is 0.417 e. The second-order valence-corrected chi connectivity index (χ2v) is 3.88. The zero-order valence-corrected chi connectivity index (χ0v) is 9.38. The van der Waals surface area contributed by atoms with Crippen LogP contribution in [0.5, 0.6) is 0 Å². The Morgan fingerprint density at radius 3 is 2.53 bits per heavy atom. The van der Waals surface area contributed by atoms with Crippen molar-refractivity contribution in [3.05, 3.63) is 29.6 Å². The molecule has 17 heavy (non-hydrogen) atoms. The van der Waals surface area contributed by atoms with Crippen molar-refractivity contribution < 1.29 is 23.1 Å². The number of carbonyl (C=O) groups excluding carboxylic acids is 1. The first-order valence-electron chi connectivity index (χ1n) is 4.98. The minimum absolute atomic E-state index is 0.0258. The fourth-order valence-electron chi connectivity index (χ4n) is 1.27. The summed E-state index contributed by atoms with van der Waals surface area (Å²) in [7, 11) is 0. The molecule has 1 atom stereocenters. The van der Waals surface area contributed by atoms with Gasteiger partial charge in [0.2, 0.25) is 0 Å². The Balaban J connectivity index is 3.29. The molecular weight excluding hydrogens is 235 g/mol. The van der Waals surface area contributed by atoms with E-state index in [1.165, 1.54) is 13.8 Å². The average Bonchev–Trinajstić information content (AvgIpc) is 2.27. The molecule has 0 spiro atoms. The molecule has 0 aliphatic carbocycles. The minimum atomic E-state index is -4.64. The number of alkyl halides is 3. The number of hydrogen-bond acceptors (Lipinski definition) is 3. The van der Waals surface area contributed by atoms with E-state index in [-0.39, 0.29) is 6.42 Å². The highest BCUT2D eigenvalue weighted by molar-refractivity contribution is 6.03. The lowest BCUT2D eigenvalue weighted by atomic mass is 9.91. The average molecular weight is 247 g/mol. The number of carbonyl (C=O) groups is 1. The van der Waals surface area contributed by atoms with Crippen LogP contribution in [-0.2, 0) is 6.18 Å². The summed E-state index contributed by atoms with van der Waals surface area (Å²) in [4.78, 5) is 15.3. The van der Waals surface area contributed by atoms with Gasteiger partial charge in [-0.1, -0.05) is 6.92 Å². The van der Waals surface area contributed by atoms with Gasteiger partial charge in [0.1, 0.15) is 5.60 Å². The standard InChI is InChI=1S/C11H12F3NO2/c1-3-10(2,17)9(16)7-6-15-5-4-8(7)11(12,13)14/h4-6,17H,3H2,1-2H3. The second-order valence-electron chi connectivity index (χ2n) is 3.88. The highest BCUT2D eigenvalue weighted by Crippen LogP contribution is 2.33. The Morgan fingerprint density at radius 2 is 2.06 bits per heavy atom. The number of pyridine rings is 1. The number of hydrogen-bond donors (Lipinski definition) is 1. The molecule has 94 valence electrons. The molecule has 3 nitrogen and oxygen atoms in total. The Labute approximate surface area is 96.3 Å². The number of rotatable bonds is 3. The van der Waals surface area contributed by atoms with Crippen LogP contribution in [0.1, 0.15) is 36.2 Å². The number of Topliss-reactive ketones (excluding diaryl/α,β-unsaturated/α-hetero) is 1. The van der Waals surface area contributed by atoms with Crippen LogP contribution in [0.2, 0.25) is 0 Å². The summed E-state index contributed by atoms with van der Waals surface area (Å²) >= 11 is 0. The molecule has 1 heterocycles. The quantitative estimate of drug-likeness (QED) is 0.834. The van der Waals surface area contributed by atoms with Crippen molar-refractivity contribution in [2.45, 2.75) is 32.0 Å². The van der Waals surface area contributed by atoms with Crippen molar-refractivity contribution in [2.75, 3.05) is 0 Å². The van der Waals surface area contributed by atoms with E-state index < -0.39 is 28.7 Å². The molecule has 0 bridgehead atoms. The maximum Gasteiger partial charge on any atom is 0.417 e. The maximum atomic E-state index is 12.6. The molecule has 0 radical (unpaired) electrons. The highest BCUT2D eigenvalue weighted by atomic mass is 19.4. The second kappa shape index (κ2) is 4.44. The molecule has 1 aromatic rings. The number of nitrogens with zero attached hydrogens (tertiary/aromatic N) is 1. The van der Waals surface area contributed by atoms with Gasteiger partial charge in [-0.3, -0.25) is 9.78 Å². The van der Waals surface area contributed by atoms with Crippen LogP contribution >= 0.6 is 0 Å². The van der Waals surface area contributed by atoms with Gasteiger partial charge in [0.15, 0.2) is 5.78 Å². The molecule has 1 N–H and O–H groups in total. The number of aromatic nitrogens is 1. The number of aliphatic hydroxyl groups is 1. The predicted molar refractivity (Wildman–Crippen MR) is 54.5 cm³/mol. The molecule has 0 saturated heterocycles. The summed E-state index contributed by atoms with van der Waals surface area (Å²) in [6.07, 6.45) is -2.83. The van der Waals surface area contributed by atoms with Gasteiger partial charge in [0.05, 0.1) is 11.1 Å². The summed E-state index contributed by atoms with van der Waals surface area (Å²) in [6, 6.07) is 0.721. The fourth-order valence-corrected chi connectivity index (χ4v) is 1.27. The Hall–Kier alpha value is -1.43. The Bertz CT molecular complexity index is 427. The third kappa shape index (κ3) is 2.82. The van der Waals surface area contributed by atoms with Gasteiger partial charge in [-0.05, 0) is 19.4 Å². The van der Waals surface area contributed by atoms with Gasteiger partial charge in [0.25, 0.3) is 0 Å². The van der Waals surface area contributed by atoms with E-state index in [1.54, 1.807) is 0 Å². The van der Waals surface area contributed by atoms with Crippen LogP contribution in [0.15, 0.2) is 18.5 Å². The van der Waals surface area contributed by atoms with Crippen LogP contribution in [0.3, 0.4) is 0 Å². The van der Waals surface area contributed by atoms with E-state index in [1.807, 2.05) is 0 Å². The molecule has 6 heteroatoms. The van der Waals surface area contributed by atoms with Gasteiger partial charge in [-0.25, -0.2) is 0 Å². The topological polar surface area (TPSA) is 50.2 Å². The van der Waals surface area contributed by atoms with Crippen LogP contribution in [0.25, 0.3) is 0 Å². The summed E-state index contributed by atoms with van der Waals surface area (Å²) < 4.78 is 37.9. The molecule has 1 rings (SSSR count). The predicted octanol–water partition coefficient (Wildman–Crippen LogP) is 2.44. The molecule has 0 aliphatic heterocycles. The number of halogens is 3. The normalized spacial score (nSPS) is 15.4. The van der Waals surface area contributed by atoms with Gasteiger partial charge >= 0.3 is 6.18 Å². The first kappa shape index (κ1) is 13.6. The Morgan fingerprint density at radius 1 is 1.47 bits per heavy atom. The zero-order chi connectivity index (χ0) is 13.3. The molecule has 1 aromatic heterocycles. The molecule has 0 aromatic carbocycles. The lowest BCUT2D eigenvalue weighted by Gasteiger charge is -2.21. The first-order chi connectivity index (χ1) is 7.70. The summed E-state index contributed by atoms with van der Waals surface area (Å²) in [5, 5.41) is 9.69. The zero-order valence-electron chi connectivity index (χ0n) is 9.38. The molecule has 0 aliphatic rings. The van der Waals surface area contributed by atoms with Crippen molar-refractivity contribution in [1.82, 2.24) is 4.98 Å². The van der Waals surface area contributed by atoms with Crippen LogP contribution in [0, 0.1) is 0 Å². The van der Waals surface area contributed by atoms with Crippen molar-refractivity contribution in [2.24, 2.45) is 0 Å². The number of ketones is 1. The van der Waals surface area contributed by atoms with Crippen molar-refractivity contribution in [1.29, 1.82) is 0 Å². The summed E-state index contributed by atoms with van der Waals surface area (Å²) in [5.74, 6) is -0.972. The molecule has 1 unspecified atom stereocenters. The van der Waals surface area contributed by atoms with Crippen LogP contribution in [0.4, 0.5) is 13.2 Å². The molecule has 0 fully saturated rings. The summed E-state index contributed by atoms with van der Waals surface area (Å²) in [5.41, 5.74) is -3.50. The van der Waals surface area contributed by atoms with E-state index in [0.717, 1.165) is 18.5 Å². The van der Waals surface area contributed by atoms with Crippen molar-refractivity contribution >= 4 is 5.78 Å².